The number of benzene rings is 2. The predicted molar refractivity (Wildman–Crippen MR) is 153 cm³/mol. The number of aryl methyl sites for hydroxylation is 3. The number of aromatic nitrogens is 4. The van der Waals surface area contributed by atoms with Crippen molar-refractivity contribution in [2.75, 3.05) is 37.7 Å². The molecule has 2 aromatic carbocycles. The zero-order valence-corrected chi connectivity index (χ0v) is 23.4. The maximum Gasteiger partial charge on any atom is 0.262 e. The monoisotopic (exact) mass is 530 g/mol. The van der Waals surface area contributed by atoms with E-state index in [2.05, 4.69) is 47.1 Å². The summed E-state index contributed by atoms with van der Waals surface area (Å²) >= 11 is 0. The van der Waals surface area contributed by atoms with Crippen molar-refractivity contribution in [1.82, 2.24) is 24.1 Å². The number of carbonyl (C=O) groups is 1. The molecule has 39 heavy (non-hydrogen) atoms. The predicted octanol–water partition coefficient (Wildman–Crippen LogP) is 3.76. The van der Waals surface area contributed by atoms with Crippen molar-refractivity contribution < 1.29 is 9.53 Å². The fraction of sp³-hybridized carbons (Fsp3) is 0.467. The van der Waals surface area contributed by atoms with Gasteiger partial charge in [-0.05, 0) is 63.4 Å². The van der Waals surface area contributed by atoms with Gasteiger partial charge in [0.05, 0.1) is 17.0 Å². The number of rotatable bonds is 9. The lowest BCUT2D eigenvalue weighted by Gasteiger charge is -2.37. The zero-order valence-electron chi connectivity index (χ0n) is 23.4. The fourth-order valence-corrected chi connectivity index (χ4v) is 5.37. The molecule has 0 aliphatic carbocycles. The van der Waals surface area contributed by atoms with Crippen LogP contribution in [-0.2, 0) is 22.5 Å². The van der Waals surface area contributed by atoms with Gasteiger partial charge in [0.25, 0.3) is 5.56 Å². The van der Waals surface area contributed by atoms with Crippen molar-refractivity contribution in [2.45, 2.75) is 59.6 Å². The van der Waals surface area contributed by atoms with Gasteiger partial charge >= 0.3 is 0 Å². The molecule has 3 heterocycles. The number of piperazine rings is 1. The average Bonchev–Trinajstić information content (AvgIpc) is 3.36. The molecule has 0 atom stereocenters. The molecule has 1 aliphatic rings. The van der Waals surface area contributed by atoms with Crippen LogP contribution < -0.4 is 10.5 Å². The summed E-state index contributed by atoms with van der Waals surface area (Å²) in [6.45, 7) is 12.4. The molecule has 0 spiro atoms. The molecule has 9 nitrogen and oxygen atoms in total. The van der Waals surface area contributed by atoms with Crippen LogP contribution in [0.4, 0.5) is 5.69 Å². The Balaban J connectivity index is 1.30. The van der Waals surface area contributed by atoms with E-state index in [1.807, 2.05) is 47.4 Å². The summed E-state index contributed by atoms with van der Waals surface area (Å²) in [5.41, 5.74) is 4.52. The van der Waals surface area contributed by atoms with E-state index in [4.69, 9.17) is 4.74 Å². The average molecular weight is 531 g/mol. The Morgan fingerprint density at radius 1 is 1.00 bits per heavy atom. The van der Waals surface area contributed by atoms with Crippen LogP contribution >= 0.6 is 0 Å². The summed E-state index contributed by atoms with van der Waals surface area (Å²) in [5, 5.41) is 9.45. The topological polar surface area (TPSA) is 85.0 Å². The number of para-hydroxylation sites is 1. The second kappa shape index (κ2) is 11.6. The lowest BCUT2D eigenvalue weighted by atomic mass is 10.1. The van der Waals surface area contributed by atoms with Crippen LogP contribution in [0.2, 0.25) is 0 Å². The van der Waals surface area contributed by atoms with Gasteiger partial charge in [-0.25, -0.2) is 0 Å². The second-order valence-electron chi connectivity index (χ2n) is 10.6. The molecule has 0 saturated carbocycles. The quantitative estimate of drug-likeness (QED) is 0.307. The van der Waals surface area contributed by atoms with E-state index in [-0.39, 0.29) is 17.6 Å². The smallest absolute Gasteiger partial charge is 0.262 e. The maximum atomic E-state index is 13.3. The van der Waals surface area contributed by atoms with Gasteiger partial charge in [-0.1, -0.05) is 24.3 Å². The molecule has 0 bridgehead atoms. The molecule has 0 N–H and O–H groups in total. The molecule has 0 unspecified atom stereocenters. The molecule has 4 aromatic rings. The Bertz CT molecular complexity index is 1530. The van der Waals surface area contributed by atoms with E-state index < -0.39 is 0 Å². The minimum Gasteiger partial charge on any atom is -0.379 e. The van der Waals surface area contributed by atoms with Crippen LogP contribution in [0.15, 0.2) is 47.3 Å². The van der Waals surface area contributed by atoms with Gasteiger partial charge in [-0.15, -0.1) is 10.2 Å². The molecule has 1 saturated heterocycles. The molecular weight excluding hydrogens is 492 g/mol. The van der Waals surface area contributed by atoms with Crippen molar-refractivity contribution in [3.8, 4) is 0 Å². The van der Waals surface area contributed by atoms with Gasteiger partial charge in [0.15, 0.2) is 0 Å². The highest BCUT2D eigenvalue weighted by atomic mass is 16.5. The van der Waals surface area contributed by atoms with Gasteiger partial charge in [-0.2, -0.15) is 0 Å². The van der Waals surface area contributed by atoms with Crippen LogP contribution in [0.3, 0.4) is 0 Å². The van der Waals surface area contributed by atoms with E-state index in [0.29, 0.717) is 62.5 Å². The SMILES string of the molecule is Cc1cccc(N2CCN(C(=O)CCc3nnc4n(CCCOC(C)C)c(=O)c5ccccc5n34)CC2)c1C. The van der Waals surface area contributed by atoms with E-state index in [9.17, 15) is 9.59 Å². The first-order valence-corrected chi connectivity index (χ1v) is 13.9. The highest BCUT2D eigenvalue weighted by Crippen LogP contribution is 2.24. The minimum absolute atomic E-state index is 0.0839. The van der Waals surface area contributed by atoms with Crippen LogP contribution in [0.25, 0.3) is 16.7 Å². The third-order valence-electron chi connectivity index (χ3n) is 7.66. The highest BCUT2D eigenvalue weighted by Gasteiger charge is 2.23. The van der Waals surface area contributed by atoms with E-state index >= 15 is 0 Å². The van der Waals surface area contributed by atoms with Crippen molar-refractivity contribution in [3.63, 3.8) is 0 Å². The highest BCUT2D eigenvalue weighted by molar-refractivity contribution is 5.80. The first kappa shape index (κ1) is 26.9. The third kappa shape index (κ3) is 5.54. The summed E-state index contributed by atoms with van der Waals surface area (Å²) in [6, 6.07) is 13.9. The Morgan fingerprint density at radius 2 is 1.77 bits per heavy atom. The van der Waals surface area contributed by atoms with Crippen molar-refractivity contribution in [2.24, 2.45) is 0 Å². The summed E-state index contributed by atoms with van der Waals surface area (Å²) in [4.78, 5) is 30.8. The van der Waals surface area contributed by atoms with E-state index in [1.54, 1.807) is 4.57 Å². The molecule has 1 fully saturated rings. The molecule has 1 aliphatic heterocycles. The molecule has 206 valence electrons. The molecule has 0 radical (unpaired) electrons. The molecule has 9 heteroatoms. The number of anilines is 1. The number of carbonyl (C=O) groups excluding carboxylic acids is 1. The van der Waals surface area contributed by atoms with Crippen molar-refractivity contribution in [1.29, 1.82) is 0 Å². The normalized spacial score (nSPS) is 14.2. The molecule has 5 rings (SSSR count). The third-order valence-corrected chi connectivity index (χ3v) is 7.66. The molecular formula is C30H38N6O3. The number of amides is 1. The summed E-state index contributed by atoms with van der Waals surface area (Å²) in [5.74, 6) is 1.32. The lowest BCUT2D eigenvalue weighted by Crippen LogP contribution is -2.49. The molecule has 1 amide bonds. The minimum atomic E-state index is -0.0839. The van der Waals surface area contributed by atoms with Gasteiger partial charge in [0.1, 0.15) is 5.82 Å². The van der Waals surface area contributed by atoms with Crippen molar-refractivity contribution in [3.05, 3.63) is 69.8 Å². The van der Waals surface area contributed by atoms with Gasteiger partial charge in [0, 0.05) is 57.9 Å². The maximum absolute atomic E-state index is 13.3. The van der Waals surface area contributed by atoms with Gasteiger partial charge in [0.2, 0.25) is 11.7 Å². The number of hydrogen-bond acceptors (Lipinski definition) is 6. The van der Waals surface area contributed by atoms with Crippen molar-refractivity contribution >= 4 is 28.3 Å². The van der Waals surface area contributed by atoms with E-state index in [1.165, 1.54) is 16.8 Å². The first-order chi connectivity index (χ1) is 18.8. The lowest BCUT2D eigenvalue weighted by molar-refractivity contribution is -0.131. The summed E-state index contributed by atoms with van der Waals surface area (Å²) in [6.07, 6.45) is 1.64. The number of hydrogen-bond donors (Lipinski definition) is 0. The summed E-state index contributed by atoms with van der Waals surface area (Å²) < 4.78 is 9.28. The standard InChI is InChI=1S/C30H38N6O3/c1-21(2)39-20-8-15-35-29(38)24-10-5-6-11-26(24)36-27(31-32-30(35)36)13-14-28(37)34-18-16-33(17-19-34)25-12-7-9-22(3)23(25)4/h5-7,9-12,21H,8,13-20H2,1-4H3. The Hall–Kier alpha value is -3.72. The van der Waals surface area contributed by atoms with Crippen LogP contribution in [0.5, 0.6) is 0 Å². The number of ether oxygens (including phenoxy) is 1. The number of nitrogens with zero attached hydrogens (tertiary/aromatic N) is 6. The second-order valence-corrected chi connectivity index (χ2v) is 10.6. The van der Waals surface area contributed by atoms with Crippen LogP contribution in [-0.4, -0.2) is 68.9 Å². The van der Waals surface area contributed by atoms with E-state index in [0.717, 1.165) is 18.6 Å². The fourth-order valence-electron chi connectivity index (χ4n) is 5.37. The van der Waals surface area contributed by atoms with Gasteiger partial charge in [-0.3, -0.25) is 18.6 Å². The van der Waals surface area contributed by atoms with Crippen LogP contribution in [0, 0.1) is 13.8 Å². The Kier molecular flexibility index (Phi) is 7.97. The molecule has 2 aromatic heterocycles. The first-order valence-electron chi connectivity index (χ1n) is 13.9. The van der Waals surface area contributed by atoms with Crippen LogP contribution in [0.1, 0.15) is 43.6 Å². The largest absolute Gasteiger partial charge is 0.379 e. The number of fused-ring (bicyclic) bond motifs is 3. The Labute approximate surface area is 229 Å². The summed E-state index contributed by atoms with van der Waals surface area (Å²) in [7, 11) is 0. The van der Waals surface area contributed by atoms with Gasteiger partial charge < -0.3 is 14.5 Å². The Morgan fingerprint density at radius 3 is 2.54 bits per heavy atom. The zero-order chi connectivity index (χ0) is 27.5.